The lowest BCUT2D eigenvalue weighted by Crippen LogP contribution is -2.30. The Balaban J connectivity index is 4.67. The van der Waals surface area contributed by atoms with Gasteiger partial charge in [-0.1, -0.05) is 120 Å². The molecule has 344 valence electrons. The number of carbonyl (C=O) groups excluding carboxylic acids is 2. The number of allylic oxidation sites excluding steroid dienone is 7. The van der Waals surface area contributed by atoms with E-state index in [-0.39, 0.29) is 12.8 Å². The van der Waals surface area contributed by atoms with E-state index >= 15 is 0 Å². The van der Waals surface area contributed by atoms with Crippen LogP contribution in [0, 0.1) is 0 Å². The quantitative estimate of drug-likeness (QED) is 0.0146. The predicted molar refractivity (Wildman–Crippen MR) is 228 cm³/mol. The van der Waals surface area contributed by atoms with Crippen LogP contribution < -0.4 is 0 Å². The van der Waals surface area contributed by atoms with Crippen molar-refractivity contribution in [2.24, 2.45) is 0 Å². The number of hydrogen-bond donors (Lipinski definition) is 6. The van der Waals surface area contributed by atoms with Crippen LogP contribution in [0.2, 0.25) is 0 Å². The van der Waals surface area contributed by atoms with E-state index in [1.807, 2.05) is 6.08 Å². The van der Waals surface area contributed by atoms with Gasteiger partial charge in [-0.2, -0.15) is 0 Å². The molecule has 0 aromatic carbocycles. The average Bonchev–Trinajstić information content (AvgIpc) is 3.19. The first kappa shape index (κ1) is 57.0. The van der Waals surface area contributed by atoms with Crippen molar-refractivity contribution >= 4 is 27.6 Å². The van der Waals surface area contributed by atoms with E-state index in [2.05, 4.69) is 65.4 Å². The highest BCUT2D eigenvalue weighted by Gasteiger charge is 2.28. The van der Waals surface area contributed by atoms with Gasteiger partial charge in [0.05, 0.1) is 32.0 Å². The molecule has 15 nitrogen and oxygen atoms in total. The molecule has 59 heavy (non-hydrogen) atoms. The Morgan fingerprint density at radius 1 is 0.559 bits per heavy atom. The molecule has 0 bridgehead atoms. The molecular weight excluding hydrogens is 806 g/mol. The van der Waals surface area contributed by atoms with E-state index in [1.54, 1.807) is 0 Å². The Morgan fingerprint density at radius 2 is 1.08 bits per heavy atom. The van der Waals surface area contributed by atoms with Crippen molar-refractivity contribution in [3.8, 4) is 0 Å². The molecule has 0 saturated carbocycles. The van der Waals surface area contributed by atoms with Crippen molar-refractivity contribution in [1.29, 1.82) is 0 Å². The molecule has 0 spiro atoms. The Bertz CT molecular complexity index is 1270. The van der Waals surface area contributed by atoms with Crippen molar-refractivity contribution in [3.05, 3.63) is 48.6 Å². The highest BCUT2D eigenvalue weighted by atomic mass is 31.2. The summed E-state index contributed by atoms with van der Waals surface area (Å²) >= 11 is 0. The summed E-state index contributed by atoms with van der Waals surface area (Å²) < 4.78 is 47.6. The predicted octanol–water partition coefficient (Wildman–Crippen LogP) is 8.61. The molecule has 0 saturated heterocycles. The van der Waals surface area contributed by atoms with E-state index in [1.165, 1.54) is 6.42 Å². The third-order valence-corrected chi connectivity index (χ3v) is 10.3. The number of aliphatic hydroxyl groups is 3. The van der Waals surface area contributed by atoms with Crippen molar-refractivity contribution in [2.75, 3.05) is 26.4 Å². The maximum absolute atomic E-state index is 12.6. The fourth-order valence-electron chi connectivity index (χ4n) is 5.50. The van der Waals surface area contributed by atoms with Crippen LogP contribution in [0.3, 0.4) is 0 Å². The van der Waals surface area contributed by atoms with Gasteiger partial charge < -0.3 is 39.5 Å². The van der Waals surface area contributed by atoms with Gasteiger partial charge in [0.25, 0.3) is 0 Å². The number of carbonyl (C=O) groups is 2. The molecule has 0 rings (SSSR count). The first-order chi connectivity index (χ1) is 28.2. The number of aliphatic hydroxyl groups excluding tert-OH is 3. The number of unbranched alkanes of at least 4 members (excludes halogenated alkanes) is 12. The van der Waals surface area contributed by atoms with Gasteiger partial charge in [0.15, 0.2) is 6.10 Å². The fourth-order valence-corrected chi connectivity index (χ4v) is 6.66. The topological polar surface area (TPSA) is 236 Å². The fraction of sp³-hybridized carbons (Fsp3) is 0.762. The largest absolute Gasteiger partial charge is 0.472 e. The standard InChI is InChI=1S/C42H76O15P2/c1-3-5-7-9-11-12-13-14-15-16-17-18-19-23-28-32-42(47)57-38(36-56-59(51,52)55-34-37(43)33-54-58(48,49)50)35-53-41(46)31-27-24-20-22-26-30-40(45)39(44)29-25-21-10-8-6-4-2/h5,7,11-12,14-15,21,25,37-40,43-45H,3-4,6,8-10,13,16-20,22-24,26-36H2,1-2H3,(H,51,52)(H2,48,49,50)/b7-5-,12-11-,15-14-,25-21-/t37-,38+,39+,40+/m0/s1. The molecular formula is C42H76O15P2. The SMILES string of the molecule is CC/C=C\C/C=C\C/C=C\CCCCCCCC(=O)O[C@H](COC(=O)CCCCCCC[C@@H](O)[C@H](O)C/C=C\CCCCC)COP(=O)(O)OC[C@@H](O)COP(=O)(O)O. The number of phosphoric acid groups is 2. The van der Waals surface area contributed by atoms with Gasteiger partial charge in [0, 0.05) is 12.8 Å². The summed E-state index contributed by atoms with van der Waals surface area (Å²) in [7, 11) is -9.73. The normalized spacial score (nSPS) is 15.6. The maximum Gasteiger partial charge on any atom is 0.472 e. The van der Waals surface area contributed by atoms with Crippen LogP contribution in [0.15, 0.2) is 48.6 Å². The van der Waals surface area contributed by atoms with Crippen LogP contribution in [0.25, 0.3) is 0 Å². The van der Waals surface area contributed by atoms with E-state index in [9.17, 15) is 38.9 Å². The molecule has 0 radical (unpaired) electrons. The molecule has 0 aliphatic rings. The second-order valence-electron chi connectivity index (χ2n) is 14.5. The minimum Gasteiger partial charge on any atom is -0.462 e. The molecule has 0 fully saturated rings. The molecule has 0 aliphatic carbocycles. The van der Waals surface area contributed by atoms with Crippen molar-refractivity contribution < 1.29 is 71.8 Å². The third-order valence-electron chi connectivity index (χ3n) is 8.89. The van der Waals surface area contributed by atoms with Gasteiger partial charge in [-0.3, -0.25) is 23.2 Å². The van der Waals surface area contributed by atoms with E-state index in [4.69, 9.17) is 23.8 Å². The number of rotatable bonds is 40. The number of hydrogen-bond acceptors (Lipinski definition) is 12. The number of phosphoric ester groups is 2. The Hall–Kier alpha value is -2.00. The summed E-state index contributed by atoms with van der Waals surface area (Å²) in [5, 5.41) is 30.2. The highest BCUT2D eigenvalue weighted by Crippen LogP contribution is 2.43. The molecule has 1 unspecified atom stereocenters. The number of esters is 2. The zero-order valence-corrected chi connectivity index (χ0v) is 37.4. The zero-order chi connectivity index (χ0) is 44.0. The van der Waals surface area contributed by atoms with Crippen LogP contribution in [0.5, 0.6) is 0 Å². The van der Waals surface area contributed by atoms with Crippen molar-refractivity contribution in [1.82, 2.24) is 0 Å². The van der Waals surface area contributed by atoms with Gasteiger partial charge in [-0.25, -0.2) is 9.13 Å². The summed E-state index contributed by atoms with van der Waals surface area (Å²) in [5.41, 5.74) is 0. The Morgan fingerprint density at radius 3 is 1.73 bits per heavy atom. The summed E-state index contributed by atoms with van der Waals surface area (Å²) in [5.74, 6) is -1.17. The van der Waals surface area contributed by atoms with E-state index < -0.39 is 78.4 Å². The Labute approximate surface area is 353 Å². The van der Waals surface area contributed by atoms with Crippen LogP contribution in [0.1, 0.15) is 155 Å². The molecule has 0 aromatic heterocycles. The third kappa shape index (κ3) is 39.9. The molecule has 17 heteroatoms. The first-order valence-corrected chi connectivity index (χ1v) is 24.5. The van der Waals surface area contributed by atoms with Gasteiger partial charge in [0.2, 0.25) is 0 Å². The van der Waals surface area contributed by atoms with Crippen molar-refractivity contribution in [2.45, 2.75) is 180 Å². The van der Waals surface area contributed by atoms with Crippen LogP contribution in [-0.2, 0) is 41.8 Å². The Kier molecular flexibility index (Phi) is 36.5. The summed E-state index contributed by atoms with van der Waals surface area (Å²) in [6.45, 7) is 1.39. The molecule has 0 aliphatic heterocycles. The van der Waals surface area contributed by atoms with Gasteiger partial charge >= 0.3 is 27.6 Å². The zero-order valence-electron chi connectivity index (χ0n) is 35.6. The molecule has 0 amide bonds. The lowest BCUT2D eigenvalue weighted by atomic mass is 10.0. The summed E-state index contributed by atoms with van der Waals surface area (Å²) in [4.78, 5) is 52.7. The van der Waals surface area contributed by atoms with Crippen LogP contribution >= 0.6 is 15.6 Å². The molecule has 5 atom stereocenters. The molecule has 0 aromatic rings. The first-order valence-electron chi connectivity index (χ1n) is 21.5. The minimum atomic E-state index is -4.88. The minimum absolute atomic E-state index is 0.0787. The van der Waals surface area contributed by atoms with Crippen LogP contribution in [0.4, 0.5) is 0 Å². The van der Waals surface area contributed by atoms with Gasteiger partial charge in [0.1, 0.15) is 12.7 Å². The van der Waals surface area contributed by atoms with Crippen LogP contribution in [-0.4, -0.2) is 92.8 Å². The lowest BCUT2D eigenvalue weighted by Gasteiger charge is -2.20. The van der Waals surface area contributed by atoms with Gasteiger partial charge in [-0.05, 0) is 70.6 Å². The maximum atomic E-state index is 12.6. The monoisotopic (exact) mass is 882 g/mol. The van der Waals surface area contributed by atoms with Crippen molar-refractivity contribution in [3.63, 3.8) is 0 Å². The highest BCUT2D eigenvalue weighted by molar-refractivity contribution is 7.47. The van der Waals surface area contributed by atoms with E-state index in [0.29, 0.717) is 25.7 Å². The average molecular weight is 883 g/mol. The second kappa shape index (κ2) is 37.7. The molecule has 6 N–H and O–H groups in total. The summed E-state index contributed by atoms with van der Waals surface area (Å²) in [6, 6.07) is 0. The van der Waals surface area contributed by atoms with Gasteiger partial charge in [-0.15, -0.1) is 0 Å². The summed E-state index contributed by atoms with van der Waals surface area (Å²) in [6.07, 6.45) is 29.8. The van der Waals surface area contributed by atoms with E-state index in [0.717, 1.165) is 96.3 Å². The second-order valence-corrected chi connectivity index (χ2v) is 17.2. The smallest absolute Gasteiger partial charge is 0.462 e. The lowest BCUT2D eigenvalue weighted by molar-refractivity contribution is -0.161. The molecule has 0 heterocycles. The number of ether oxygens (including phenoxy) is 2.